The number of ether oxygens (including phenoxy) is 2. The van der Waals surface area contributed by atoms with Crippen LogP contribution in [0.3, 0.4) is 0 Å². The van der Waals surface area contributed by atoms with Gasteiger partial charge in [0.15, 0.2) is 0 Å². The molecule has 0 aromatic heterocycles. The van der Waals surface area contributed by atoms with Crippen LogP contribution >= 0.6 is 0 Å². The van der Waals surface area contributed by atoms with Crippen LogP contribution in [0, 0.1) is 5.82 Å². The fourth-order valence-corrected chi connectivity index (χ4v) is 2.39. The molecule has 116 valence electrons. The smallest absolute Gasteiger partial charge is 0.126 e. The zero-order valence-corrected chi connectivity index (χ0v) is 13.4. The third-order valence-electron chi connectivity index (χ3n) is 3.48. The van der Waals surface area contributed by atoms with Crippen molar-refractivity contribution in [1.82, 2.24) is 0 Å². The minimum absolute atomic E-state index is 0.234. The van der Waals surface area contributed by atoms with Gasteiger partial charge in [0.05, 0.1) is 14.2 Å². The molecular formula is C19H21FO2. The minimum atomic E-state index is -0.234. The summed E-state index contributed by atoms with van der Waals surface area (Å²) >= 11 is 0. The summed E-state index contributed by atoms with van der Waals surface area (Å²) < 4.78 is 23.9. The quantitative estimate of drug-likeness (QED) is 0.712. The van der Waals surface area contributed by atoms with Crippen molar-refractivity contribution in [3.63, 3.8) is 0 Å². The first-order chi connectivity index (χ1) is 10.5. The molecule has 0 aliphatic heterocycles. The number of methoxy groups -OCH3 is 2. The van der Waals surface area contributed by atoms with E-state index < -0.39 is 0 Å². The third kappa shape index (κ3) is 3.67. The predicted molar refractivity (Wildman–Crippen MR) is 89.0 cm³/mol. The average Bonchev–Trinajstić information content (AvgIpc) is 2.53. The van der Waals surface area contributed by atoms with Gasteiger partial charge in [0, 0.05) is 5.56 Å². The first-order valence-corrected chi connectivity index (χ1v) is 7.24. The highest BCUT2D eigenvalue weighted by Gasteiger charge is 2.14. The van der Waals surface area contributed by atoms with Crippen LogP contribution in [-0.2, 0) is 0 Å². The molecule has 0 bridgehead atoms. The lowest BCUT2D eigenvalue weighted by molar-refractivity contribution is 0.382. The van der Waals surface area contributed by atoms with Gasteiger partial charge in [0.25, 0.3) is 0 Å². The second-order valence-electron chi connectivity index (χ2n) is 5.38. The maximum atomic E-state index is 12.9. The van der Waals surface area contributed by atoms with Crippen LogP contribution in [0.2, 0.25) is 0 Å². The highest BCUT2D eigenvalue weighted by Crippen LogP contribution is 2.36. The molecule has 2 aromatic carbocycles. The highest BCUT2D eigenvalue weighted by molar-refractivity contribution is 5.72. The van der Waals surface area contributed by atoms with E-state index in [1.54, 1.807) is 26.4 Å². The Morgan fingerprint density at radius 2 is 1.36 bits per heavy atom. The van der Waals surface area contributed by atoms with Crippen molar-refractivity contribution in [1.29, 1.82) is 0 Å². The SMILES string of the molecule is COc1cc(/C=C/c2ccc(F)cc2)cc(OC)c1C(C)C. The van der Waals surface area contributed by atoms with E-state index in [1.165, 1.54) is 12.1 Å². The van der Waals surface area contributed by atoms with E-state index in [4.69, 9.17) is 9.47 Å². The van der Waals surface area contributed by atoms with E-state index in [2.05, 4.69) is 13.8 Å². The zero-order valence-electron chi connectivity index (χ0n) is 13.4. The molecule has 0 aliphatic rings. The summed E-state index contributed by atoms with van der Waals surface area (Å²) in [6.07, 6.45) is 3.89. The second-order valence-corrected chi connectivity index (χ2v) is 5.38. The first kappa shape index (κ1) is 16.1. The van der Waals surface area contributed by atoms with Crippen LogP contribution in [-0.4, -0.2) is 14.2 Å². The van der Waals surface area contributed by atoms with Gasteiger partial charge in [-0.2, -0.15) is 0 Å². The van der Waals surface area contributed by atoms with Crippen LogP contribution < -0.4 is 9.47 Å². The number of halogens is 1. The lowest BCUT2D eigenvalue weighted by Crippen LogP contribution is -1.99. The van der Waals surface area contributed by atoms with Gasteiger partial charge in [-0.1, -0.05) is 38.1 Å². The first-order valence-electron chi connectivity index (χ1n) is 7.24. The summed E-state index contributed by atoms with van der Waals surface area (Å²) in [5.41, 5.74) is 2.97. The Kier molecular flexibility index (Phi) is 5.21. The average molecular weight is 300 g/mol. The normalized spacial score (nSPS) is 11.2. The van der Waals surface area contributed by atoms with Crippen LogP contribution in [0.25, 0.3) is 12.2 Å². The van der Waals surface area contributed by atoms with Crippen molar-refractivity contribution >= 4 is 12.2 Å². The largest absolute Gasteiger partial charge is 0.496 e. The van der Waals surface area contributed by atoms with Crippen molar-refractivity contribution < 1.29 is 13.9 Å². The molecule has 3 heteroatoms. The molecule has 0 atom stereocenters. The van der Waals surface area contributed by atoms with Crippen molar-refractivity contribution in [3.8, 4) is 11.5 Å². The van der Waals surface area contributed by atoms with Gasteiger partial charge in [-0.15, -0.1) is 0 Å². The van der Waals surface area contributed by atoms with Gasteiger partial charge in [-0.05, 0) is 41.3 Å². The second kappa shape index (κ2) is 7.12. The van der Waals surface area contributed by atoms with Gasteiger partial charge in [0.1, 0.15) is 17.3 Å². The van der Waals surface area contributed by atoms with E-state index in [9.17, 15) is 4.39 Å². The van der Waals surface area contributed by atoms with Crippen LogP contribution in [0.4, 0.5) is 4.39 Å². The molecule has 0 N–H and O–H groups in total. The van der Waals surface area contributed by atoms with Gasteiger partial charge in [0.2, 0.25) is 0 Å². The molecular weight excluding hydrogens is 279 g/mol. The predicted octanol–water partition coefficient (Wildman–Crippen LogP) is 5.14. The Bertz CT molecular complexity index is 633. The Morgan fingerprint density at radius 3 is 1.82 bits per heavy atom. The molecule has 0 saturated carbocycles. The van der Waals surface area contributed by atoms with Crippen molar-refractivity contribution in [2.45, 2.75) is 19.8 Å². The summed E-state index contributed by atoms with van der Waals surface area (Å²) in [6.45, 7) is 4.21. The maximum absolute atomic E-state index is 12.9. The highest BCUT2D eigenvalue weighted by atomic mass is 19.1. The van der Waals surface area contributed by atoms with Gasteiger partial charge in [-0.25, -0.2) is 4.39 Å². The Hall–Kier alpha value is -2.29. The maximum Gasteiger partial charge on any atom is 0.126 e. The molecule has 2 nitrogen and oxygen atoms in total. The standard InChI is InChI=1S/C19H21FO2/c1-13(2)19-17(21-3)11-15(12-18(19)22-4)6-5-14-7-9-16(20)10-8-14/h5-13H,1-4H3/b6-5+. The molecule has 0 radical (unpaired) electrons. The molecule has 0 spiro atoms. The number of benzene rings is 2. The van der Waals surface area contributed by atoms with Crippen molar-refractivity contribution in [3.05, 3.63) is 58.9 Å². The van der Waals surface area contributed by atoms with E-state index in [0.717, 1.165) is 28.2 Å². The molecule has 22 heavy (non-hydrogen) atoms. The fourth-order valence-electron chi connectivity index (χ4n) is 2.39. The van der Waals surface area contributed by atoms with E-state index in [1.807, 2.05) is 24.3 Å². The Balaban J connectivity index is 2.37. The number of hydrogen-bond donors (Lipinski definition) is 0. The van der Waals surface area contributed by atoms with E-state index in [-0.39, 0.29) is 5.82 Å². The fraction of sp³-hybridized carbons (Fsp3) is 0.263. The Morgan fingerprint density at radius 1 is 0.864 bits per heavy atom. The monoisotopic (exact) mass is 300 g/mol. The molecule has 0 saturated heterocycles. The Labute approximate surface area is 131 Å². The zero-order chi connectivity index (χ0) is 16.1. The van der Waals surface area contributed by atoms with Gasteiger partial charge >= 0.3 is 0 Å². The number of rotatable bonds is 5. The molecule has 2 rings (SSSR count). The topological polar surface area (TPSA) is 18.5 Å². The minimum Gasteiger partial charge on any atom is -0.496 e. The molecule has 0 unspecified atom stereocenters. The molecule has 2 aromatic rings. The van der Waals surface area contributed by atoms with Crippen molar-refractivity contribution in [2.75, 3.05) is 14.2 Å². The number of hydrogen-bond acceptors (Lipinski definition) is 2. The lowest BCUT2D eigenvalue weighted by Gasteiger charge is -2.17. The molecule has 0 aliphatic carbocycles. The van der Waals surface area contributed by atoms with Crippen molar-refractivity contribution in [2.24, 2.45) is 0 Å². The summed E-state index contributed by atoms with van der Waals surface area (Å²) in [4.78, 5) is 0. The summed E-state index contributed by atoms with van der Waals surface area (Å²) in [6, 6.07) is 10.3. The van der Waals surface area contributed by atoms with Crippen LogP contribution in [0.1, 0.15) is 36.5 Å². The van der Waals surface area contributed by atoms with Crippen LogP contribution in [0.15, 0.2) is 36.4 Å². The van der Waals surface area contributed by atoms with E-state index >= 15 is 0 Å². The summed E-state index contributed by atoms with van der Waals surface area (Å²) in [5.74, 6) is 1.70. The molecule has 0 heterocycles. The molecule has 0 amide bonds. The molecule has 0 fully saturated rings. The van der Waals surface area contributed by atoms with E-state index in [0.29, 0.717) is 5.92 Å². The lowest BCUT2D eigenvalue weighted by atomic mass is 9.98. The van der Waals surface area contributed by atoms with Crippen LogP contribution in [0.5, 0.6) is 11.5 Å². The summed E-state index contributed by atoms with van der Waals surface area (Å²) in [7, 11) is 3.32. The summed E-state index contributed by atoms with van der Waals surface area (Å²) in [5, 5.41) is 0. The third-order valence-corrected chi connectivity index (χ3v) is 3.48. The van der Waals surface area contributed by atoms with Gasteiger partial charge < -0.3 is 9.47 Å². The van der Waals surface area contributed by atoms with Gasteiger partial charge in [-0.3, -0.25) is 0 Å².